The highest BCUT2D eigenvalue weighted by molar-refractivity contribution is 4.78. The van der Waals surface area contributed by atoms with E-state index in [2.05, 4.69) is 47.3 Å². The molecule has 0 saturated heterocycles. The molecule has 0 aliphatic carbocycles. The average molecular weight is 184 g/mol. The van der Waals surface area contributed by atoms with Crippen LogP contribution < -0.4 is 0 Å². The van der Waals surface area contributed by atoms with Crippen LogP contribution in [0.1, 0.15) is 60.3 Å². The van der Waals surface area contributed by atoms with Crippen LogP contribution in [0.2, 0.25) is 0 Å². The third-order valence-electron chi connectivity index (χ3n) is 2.26. The summed E-state index contributed by atoms with van der Waals surface area (Å²) >= 11 is 0. The molecule has 0 aromatic heterocycles. The first kappa shape index (κ1) is 15.2. The first-order chi connectivity index (χ1) is 6.15. The Hall–Kier alpha value is -0.260. The number of rotatable bonds is 5. The van der Waals surface area contributed by atoms with Crippen molar-refractivity contribution in [1.82, 2.24) is 0 Å². The van der Waals surface area contributed by atoms with E-state index in [0.29, 0.717) is 0 Å². The molecule has 1 unspecified atom stereocenters. The molecular formula is C13H28. The second kappa shape index (κ2) is 11.7. The highest BCUT2D eigenvalue weighted by Crippen LogP contribution is 2.18. The van der Waals surface area contributed by atoms with E-state index in [1.54, 1.807) is 0 Å². The Morgan fingerprint density at radius 3 is 1.77 bits per heavy atom. The van der Waals surface area contributed by atoms with Gasteiger partial charge in [-0.25, -0.2) is 0 Å². The maximum Gasteiger partial charge on any atom is -0.0236 e. The van der Waals surface area contributed by atoms with Crippen molar-refractivity contribution in [1.29, 1.82) is 0 Å². The minimum Gasteiger partial charge on any atom is -0.103 e. The zero-order valence-corrected chi connectivity index (χ0v) is 10.3. The molecule has 13 heavy (non-hydrogen) atoms. The molecule has 0 amide bonds. The summed E-state index contributed by atoms with van der Waals surface area (Å²) in [4.78, 5) is 0. The van der Waals surface area contributed by atoms with Gasteiger partial charge in [-0.3, -0.25) is 0 Å². The van der Waals surface area contributed by atoms with Gasteiger partial charge in [0.25, 0.3) is 0 Å². The van der Waals surface area contributed by atoms with Gasteiger partial charge in [-0.15, -0.1) is 6.58 Å². The molecule has 0 spiro atoms. The van der Waals surface area contributed by atoms with Crippen molar-refractivity contribution in [3.05, 3.63) is 12.7 Å². The second-order valence-corrected chi connectivity index (χ2v) is 3.86. The van der Waals surface area contributed by atoms with Gasteiger partial charge >= 0.3 is 0 Å². The fourth-order valence-electron chi connectivity index (χ4n) is 1.11. The van der Waals surface area contributed by atoms with Gasteiger partial charge in [0.05, 0.1) is 0 Å². The largest absolute Gasteiger partial charge is 0.103 e. The van der Waals surface area contributed by atoms with Crippen molar-refractivity contribution < 1.29 is 0 Å². The fourth-order valence-corrected chi connectivity index (χ4v) is 1.11. The van der Waals surface area contributed by atoms with Gasteiger partial charge in [0, 0.05) is 0 Å². The Morgan fingerprint density at radius 1 is 1.08 bits per heavy atom. The first-order valence-corrected chi connectivity index (χ1v) is 5.78. The van der Waals surface area contributed by atoms with Crippen molar-refractivity contribution in [3.63, 3.8) is 0 Å². The van der Waals surface area contributed by atoms with Gasteiger partial charge in [-0.05, 0) is 24.7 Å². The van der Waals surface area contributed by atoms with Gasteiger partial charge in [-0.2, -0.15) is 0 Å². The summed E-state index contributed by atoms with van der Waals surface area (Å²) in [6, 6.07) is 0. The van der Waals surface area contributed by atoms with Crippen molar-refractivity contribution in [2.45, 2.75) is 60.3 Å². The van der Waals surface area contributed by atoms with E-state index in [0.717, 1.165) is 11.8 Å². The predicted octanol–water partition coefficient (Wildman–Crippen LogP) is 5.05. The van der Waals surface area contributed by atoms with Crippen LogP contribution in [0, 0.1) is 11.8 Å². The molecule has 0 radical (unpaired) electrons. The molecule has 0 N–H and O–H groups in total. The van der Waals surface area contributed by atoms with E-state index in [1.807, 2.05) is 0 Å². The summed E-state index contributed by atoms with van der Waals surface area (Å²) in [7, 11) is 0. The van der Waals surface area contributed by atoms with Crippen LogP contribution in [0.5, 0.6) is 0 Å². The van der Waals surface area contributed by atoms with E-state index >= 15 is 0 Å². The van der Waals surface area contributed by atoms with Crippen LogP contribution in [-0.4, -0.2) is 0 Å². The molecule has 0 aromatic rings. The van der Waals surface area contributed by atoms with Crippen LogP contribution in [0.15, 0.2) is 12.7 Å². The van der Waals surface area contributed by atoms with Crippen LogP contribution >= 0.6 is 0 Å². The quantitative estimate of drug-likeness (QED) is 0.524. The molecule has 0 saturated carbocycles. The highest BCUT2D eigenvalue weighted by atomic mass is 14.1. The van der Waals surface area contributed by atoms with Crippen molar-refractivity contribution >= 4 is 0 Å². The SMILES string of the molecule is C=CC(CC)C[C@H](C)CC.CCC. The monoisotopic (exact) mass is 184 g/mol. The zero-order chi connectivity index (χ0) is 10.7. The van der Waals surface area contributed by atoms with Gasteiger partial charge in [0.2, 0.25) is 0 Å². The van der Waals surface area contributed by atoms with Crippen LogP contribution in [0.25, 0.3) is 0 Å². The summed E-state index contributed by atoms with van der Waals surface area (Å²) in [6.07, 6.45) is 7.20. The Morgan fingerprint density at radius 2 is 1.54 bits per heavy atom. The summed E-state index contributed by atoms with van der Waals surface area (Å²) < 4.78 is 0. The Labute approximate surface area is 85.4 Å². The van der Waals surface area contributed by atoms with Crippen LogP contribution in [0.3, 0.4) is 0 Å². The highest BCUT2D eigenvalue weighted by Gasteiger charge is 2.05. The Balaban J connectivity index is 0. The Kier molecular flexibility index (Phi) is 13.7. The van der Waals surface area contributed by atoms with Crippen LogP contribution in [-0.2, 0) is 0 Å². The predicted molar refractivity (Wildman–Crippen MR) is 64.0 cm³/mol. The van der Waals surface area contributed by atoms with Crippen molar-refractivity contribution in [2.24, 2.45) is 11.8 Å². The summed E-state index contributed by atoms with van der Waals surface area (Å²) in [5.41, 5.74) is 0. The Bertz CT molecular complexity index is 94.2. The second-order valence-electron chi connectivity index (χ2n) is 3.86. The van der Waals surface area contributed by atoms with Crippen LogP contribution in [0.4, 0.5) is 0 Å². The molecule has 80 valence electrons. The molecule has 0 rings (SSSR count). The van der Waals surface area contributed by atoms with Gasteiger partial charge in [0.1, 0.15) is 0 Å². The normalized spacial score (nSPS) is 13.9. The number of allylic oxidation sites excluding steroid dienone is 1. The lowest BCUT2D eigenvalue weighted by molar-refractivity contribution is 0.427. The van der Waals surface area contributed by atoms with Gasteiger partial charge < -0.3 is 0 Å². The minimum absolute atomic E-state index is 0.745. The van der Waals surface area contributed by atoms with E-state index < -0.39 is 0 Å². The molecule has 0 aliphatic heterocycles. The van der Waals surface area contributed by atoms with Crippen molar-refractivity contribution in [2.75, 3.05) is 0 Å². The van der Waals surface area contributed by atoms with E-state index in [4.69, 9.17) is 0 Å². The number of hydrogen-bond acceptors (Lipinski definition) is 0. The molecule has 0 heteroatoms. The lowest BCUT2D eigenvalue weighted by Gasteiger charge is -2.13. The number of hydrogen-bond donors (Lipinski definition) is 0. The molecular weight excluding hydrogens is 156 g/mol. The van der Waals surface area contributed by atoms with E-state index in [9.17, 15) is 0 Å². The maximum absolute atomic E-state index is 3.82. The van der Waals surface area contributed by atoms with E-state index in [-0.39, 0.29) is 0 Å². The van der Waals surface area contributed by atoms with Gasteiger partial charge in [-0.1, -0.05) is 53.5 Å². The summed E-state index contributed by atoms with van der Waals surface area (Å²) in [6.45, 7) is 14.9. The topological polar surface area (TPSA) is 0 Å². The van der Waals surface area contributed by atoms with Crippen molar-refractivity contribution in [3.8, 4) is 0 Å². The van der Waals surface area contributed by atoms with Gasteiger partial charge in [0.15, 0.2) is 0 Å². The third kappa shape index (κ3) is 11.7. The lowest BCUT2D eigenvalue weighted by atomic mass is 9.92. The molecule has 0 bridgehead atoms. The first-order valence-electron chi connectivity index (χ1n) is 5.78. The molecule has 0 heterocycles. The maximum atomic E-state index is 3.82. The smallest absolute Gasteiger partial charge is 0.0236 e. The molecule has 0 aliphatic rings. The molecule has 2 atom stereocenters. The third-order valence-corrected chi connectivity index (χ3v) is 2.26. The zero-order valence-electron chi connectivity index (χ0n) is 10.3. The fraction of sp³-hybridized carbons (Fsp3) is 0.846. The standard InChI is InChI=1S/C10H20.C3H8/c1-5-9(4)8-10(6-2)7-3;1-3-2/h6,9-10H,2,5,7-8H2,1,3-4H3;3H2,1-2H3/t9-,10?;/m1./s1. The molecule has 0 fully saturated rings. The molecule has 0 nitrogen and oxygen atoms in total. The summed E-state index contributed by atoms with van der Waals surface area (Å²) in [5, 5.41) is 0. The lowest BCUT2D eigenvalue weighted by Crippen LogP contribution is -2.01. The summed E-state index contributed by atoms with van der Waals surface area (Å²) in [5.74, 6) is 1.61. The minimum atomic E-state index is 0.745. The molecule has 0 aromatic carbocycles. The average Bonchev–Trinajstić information content (AvgIpc) is 2.15. The van der Waals surface area contributed by atoms with E-state index in [1.165, 1.54) is 25.7 Å².